The third-order valence-corrected chi connectivity index (χ3v) is 7.03. The van der Waals surface area contributed by atoms with E-state index in [2.05, 4.69) is 84.2 Å². The highest BCUT2D eigenvalue weighted by Crippen LogP contribution is 2.58. The number of nitrogens with zero attached hydrogens (tertiary/aromatic N) is 2. The number of benzene rings is 1. The van der Waals surface area contributed by atoms with E-state index in [4.69, 9.17) is 4.98 Å². The molecule has 2 nitrogen and oxygen atoms in total. The van der Waals surface area contributed by atoms with Crippen molar-refractivity contribution in [3.63, 3.8) is 0 Å². The van der Waals surface area contributed by atoms with E-state index < -0.39 is 0 Å². The lowest BCUT2D eigenvalue weighted by atomic mass is 10.2. The number of hydrogen-bond acceptors (Lipinski definition) is 1. The van der Waals surface area contributed by atoms with Crippen molar-refractivity contribution >= 4 is 24.5 Å². The van der Waals surface area contributed by atoms with Crippen LogP contribution in [0, 0.1) is 0 Å². The molecule has 0 aliphatic heterocycles. The Morgan fingerprint density at radius 3 is 1.95 bits per heavy atom. The van der Waals surface area contributed by atoms with E-state index in [-0.39, 0.29) is 18.2 Å². The van der Waals surface area contributed by atoms with Gasteiger partial charge in [-0.2, -0.15) is 0 Å². The van der Waals surface area contributed by atoms with Crippen molar-refractivity contribution in [3.8, 4) is 0 Å². The van der Waals surface area contributed by atoms with Crippen LogP contribution in [0.1, 0.15) is 61.4 Å². The fourth-order valence-electron chi connectivity index (χ4n) is 3.30. The summed E-state index contributed by atoms with van der Waals surface area (Å²) in [5.41, 5.74) is 3.69. The van der Waals surface area contributed by atoms with E-state index in [9.17, 15) is 0 Å². The van der Waals surface area contributed by atoms with Gasteiger partial charge in [-0.05, 0) is 44.2 Å². The van der Waals surface area contributed by atoms with Crippen LogP contribution in [-0.2, 0) is 0 Å². The Balaban J connectivity index is 2.77. The lowest BCUT2D eigenvalue weighted by molar-refractivity contribution is 0.627. The molecule has 0 fully saturated rings. The minimum Gasteiger partial charge on any atom is -0.322 e. The molecule has 0 unspecified atom stereocenters. The van der Waals surface area contributed by atoms with Gasteiger partial charge in [0, 0.05) is 6.04 Å². The van der Waals surface area contributed by atoms with Gasteiger partial charge in [-0.15, -0.1) is 0 Å². The zero-order chi connectivity index (χ0) is 16.0. The van der Waals surface area contributed by atoms with Gasteiger partial charge in [-0.25, -0.2) is 4.98 Å². The second-order valence-corrected chi connectivity index (χ2v) is 11.8. The van der Waals surface area contributed by atoms with Crippen molar-refractivity contribution in [2.45, 2.75) is 71.7 Å². The Morgan fingerprint density at radius 1 is 0.952 bits per heavy atom. The minimum atomic E-state index is -0.386. The first kappa shape index (κ1) is 16.5. The summed E-state index contributed by atoms with van der Waals surface area (Å²) in [6.45, 7) is 18.7. The Hall–Kier alpha value is -0.880. The van der Waals surface area contributed by atoms with Gasteiger partial charge in [0.15, 0.2) is 0 Å². The van der Waals surface area contributed by atoms with Crippen molar-refractivity contribution in [1.29, 1.82) is 0 Å². The Kier molecular flexibility index (Phi) is 4.23. The van der Waals surface area contributed by atoms with Crippen molar-refractivity contribution in [2.24, 2.45) is 0 Å². The summed E-state index contributed by atoms with van der Waals surface area (Å²) in [4.78, 5) is 5.06. The fraction of sp³-hybridized carbons (Fsp3) is 0.611. The quantitative estimate of drug-likeness (QED) is 0.686. The first-order chi connectivity index (χ1) is 9.53. The van der Waals surface area contributed by atoms with E-state index in [1.54, 1.807) is 0 Å². The summed E-state index contributed by atoms with van der Waals surface area (Å²) in [5.74, 6) is 0. The molecule has 1 aromatic carbocycles. The second kappa shape index (κ2) is 5.39. The van der Waals surface area contributed by atoms with Gasteiger partial charge in [-0.3, -0.25) is 0 Å². The van der Waals surface area contributed by atoms with E-state index in [1.165, 1.54) is 11.1 Å². The van der Waals surface area contributed by atoms with Crippen molar-refractivity contribution < 1.29 is 0 Å². The zero-order valence-electron chi connectivity index (χ0n) is 14.7. The number of para-hydroxylation sites is 2. The molecule has 0 bridgehead atoms. The van der Waals surface area contributed by atoms with Gasteiger partial charge in [0.1, 0.15) is 5.57 Å². The predicted octanol–water partition coefficient (Wildman–Crippen LogP) is 5.32. The maximum atomic E-state index is 5.06. The van der Waals surface area contributed by atoms with Crippen LogP contribution in [0.5, 0.6) is 0 Å². The molecule has 2 rings (SSSR count). The maximum Gasteiger partial charge on any atom is 0.133 e. The number of imidazole rings is 1. The highest BCUT2D eigenvalue weighted by Gasteiger charge is 2.39. The highest BCUT2D eigenvalue weighted by molar-refractivity contribution is 7.68. The second-order valence-electron chi connectivity index (χ2n) is 8.04. The van der Waals surface area contributed by atoms with Crippen LogP contribution in [0.4, 0.5) is 0 Å². The fourth-order valence-corrected chi connectivity index (χ4v) is 7.28. The number of rotatable bonds is 2. The normalized spacial score (nSPS) is 13.6. The van der Waals surface area contributed by atoms with Crippen LogP contribution < -0.4 is 5.57 Å². The Labute approximate surface area is 130 Å². The van der Waals surface area contributed by atoms with Gasteiger partial charge in [0.05, 0.1) is 11.0 Å². The van der Waals surface area contributed by atoms with E-state index in [0.29, 0.717) is 6.04 Å². The smallest absolute Gasteiger partial charge is 0.133 e. The molecule has 0 aliphatic carbocycles. The molecule has 21 heavy (non-hydrogen) atoms. The van der Waals surface area contributed by atoms with Gasteiger partial charge in [0.2, 0.25) is 0 Å². The van der Waals surface area contributed by atoms with Crippen LogP contribution in [0.2, 0.25) is 0 Å². The first-order valence-electron chi connectivity index (χ1n) is 7.81. The average molecular weight is 304 g/mol. The van der Waals surface area contributed by atoms with Crippen LogP contribution >= 0.6 is 7.92 Å². The maximum absolute atomic E-state index is 5.06. The molecule has 0 amide bonds. The van der Waals surface area contributed by atoms with Gasteiger partial charge < -0.3 is 4.57 Å². The largest absolute Gasteiger partial charge is 0.322 e. The van der Waals surface area contributed by atoms with Crippen molar-refractivity contribution in [1.82, 2.24) is 9.55 Å². The summed E-state index contributed by atoms with van der Waals surface area (Å²) < 4.78 is 2.46. The topological polar surface area (TPSA) is 17.8 Å². The van der Waals surface area contributed by atoms with Gasteiger partial charge >= 0.3 is 0 Å². The lowest BCUT2D eigenvalue weighted by Gasteiger charge is -2.41. The third kappa shape index (κ3) is 3.16. The molecule has 0 atom stereocenters. The average Bonchev–Trinajstić information content (AvgIpc) is 2.62. The predicted molar refractivity (Wildman–Crippen MR) is 96.2 cm³/mol. The summed E-state index contributed by atoms with van der Waals surface area (Å²) in [6, 6.07) is 8.96. The lowest BCUT2D eigenvalue weighted by Crippen LogP contribution is -2.35. The van der Waals surface area contributed by atoms with Crippen molar-refractivity contribution in [2.75, 3.05) is 0 Å². The minimum absolute atomic E-state index is 0.238. The van der Waals surface area contributed by atoms with E-state index >= 15 is 0 Å². The molecular weight excluding hydrogens is 275 g/mol. The highest BCUT2D eigenvalue weighted by atomic mass is 31.1. The summed E-state index contributed by atoms with van der Waals surface area (Å²) in [7, 11) is -0.386. The molecule has 0 aliphatic rings. The van der Waals surface area contributed by atoms with Gasteiger partial charge in [0.25, 0.3) is 0 Å². The first-order valence-corrected chi connectivity index (χ1v) is 9.15. The standard InChI is InChI=1S/C18H29N2P/c1-13(2)20-15-12-10-9-11-14(15)19-16(20)21(17(3,4)5)18(6,7)8/h9-13H,1-8H3. The zero-order valence-corrected chi connectivity index (χ0v) is 15.6. The van der Waals surface area contributed by atoms with Crippen LogP contribution in [0.25, 0.3) is 11.0 Å². The summed E-state index contributed by atoms with van der Waals surface area (Å²) in [5, 5.41) is 0.475. The Bertz CT molecular complexity index is 613. The molecule has 1 aromatic heterocycles. The molecule has 1 heterocycles. The van der Waals surface area contributed by atoms with Crippen LogP contribution in [0.3, 0.4) is 0 Å². The summed E-state index contributed by atoms with van der Waals surface area (Å²) >= 11 is 0. The monoisotopic (exact) mass is 304 g/mol. The van der Waals surface area contributed by atoms with Crippen molar-refractivity contribution in [3.05, 3.63) is 24.3 Å². The molecule has 3 heteroatoms. The number of aromatic nitrogens is 2. The molecule has 0 radical (unpaired) electrons. The molecule has 0 spiro atoms. The van der Waals surface area contributed by atoms with Crippen LogP contribution in [0.15, 0.2) is 24.3 Å². The number of fused-ring (bicyclic) bond motifs is 1. The third-order valence-electron chi connectivity index (χ3n) is 3.64. The molecule has 0 saturated carbocycles. The molecule has 0 N–H and O–H groups in total. The molecule has 2 aromatic rings. The number of hydrogen-bond donors (Lipinski definition) is 0. The van der Waals surface area contributed by atoms with E-state index in [0.717, 1.165) is 5.52 Å². The summed E-state index contributed by atoms with van der Waals surface area (Å²) in [6.07, 6.45) is 0. The van der Waals surface area contributed by atoms with Crippen LogP contribution in [-0.4, -0.2) is 19.9 Å². The molecule has 116 valence electrons. The molecular formula is C18H29N2P. The Morgan fingerprint density at radius 2 is 1.48 bits per heavy atom. The van der Waals surface area contributed by atoms with Gasteiger partial charge in [-0.1, -0.05) is 53.7 Å². The SMILES string of the molecule is CC(C)n1c(P(C(C)(C)C)C(C)(C)C)nc2ccccc21. The molecule has 0 saturated heterocycles. The van der Waals surface area contributed by atoms with E-state index in [1.807, 2.05) is 0 Å².